The Morgan fingerprint density at radius 1 is 1.12 bits per heavy atom. The number of alkyl halides is 3. The predicted molar refractivity (Wildman–Crippen MR) is 104 cm³/mol. The lowest BCUT2D eigenvalue weighted by Gasteiger charge is -2.22. The van der Waals surface area contributed by atoms with E-state index in [9.17, 15) is 13.2 Å². The highest BCUT2D eigenvalue weighted by Gasteiger charge is 2.36. The summed E-state index contributed by atoms with van der Waals surface area (Å²) >= 11 is 2.14. The van der Waals surface area contributed by atoms with Crippen molar-refractivity contribution in [1.29, 1.82) is 0 Å². The first-order chi connectivity index (χ1) is 12.3. The van der Waals surface area contributed by atoms with Gasteiger partial charge in [-0.15, -0.1) is 0 Å². The lowest BCUT2D eigenvalue weighted by atomic mass is 10.2. The zero-order valence-corrected chi connectivity index (χ0v) is 16.8. The van der Waals surface area contributed by atoms with Crippen LogP contribution in [0.15, 0.2) is 30.5 Å². The minimum absolute atomic E-state index is 0.0399. The van der Waals surface area contributed by atoms with Crippen molar-refractivity contribution < 1.29 is 17.9 Å². The molecule has 1 heterocycles. The van der Waals surface area contributed by atoms with Crippen molar-refractivity contribution in [3.63, 3.8) is 0 Å². The van der Waals surface area contributed by atoms with Gasteiger partial charge in [-0.1, -0.05) is 26.2 Å². The highest BCUT2D eigenvalue weighted by atomic mass is 127. The molecule has 2 aromatic rings. The molecule has 1 aromatic heterocycles. The molecule has 0 aliphatic heterocycles. The van der Waals surface area contributed by atoms with Crippen molar-refractivity contribution in [2.75, 3.05) is 18.6 Å². The van der Waals surface area contributed by atoms with Gasteiger partial charge in [-0.25, -0.2) is 4.98 Å². The van der Waals surface area contributed by atoms with Crippen LogP contribution in [0.25, 0.3) is 0 Å². The zero-order valence-electron chi connectivity index (χ0n) is 14.7. The standard InChI is InChI=1S/C18H21F3IN3O/c1-3-4-5-6-11-26-17-23-12-15(18(19,20)21)16(24-17)25(2)14-9-7-13(22)8-10-14/h7-10,12H,3-6,11H2,1-2H3. The number of ether oxygens (including phenoxy) is 1. The van der Waals surface area contributed by atoms with Gasteiger partial charge in [0.1, 0.15) is 5.56 Å². The van der Waals surface area contributed by atoms with Gasteiger partial charge in [0.15, 0.2) is 5.82 Å². The number of hydrogen-bond acceptors (Lipinski definition) is 4. The van der Waals surface area contributed by atoms with E-state index in [1.807, 2.05) is 12.1 Å². The summed E-state index contributed by atoms with van der Waals surface area (Å²) in [5, 5.41) is 0. The van der Waals surface area contributed by atoms with E-state index < -0.39 is 11.7 Å². The first kappa shape index (κ1) is 20.7. The monoisotopic (exact) mass is 479 g/mol. The van der Waals surface area contributed by atoms with Crippen molar-refractivity contribution in [2.45, 2.75) is 38.8 Å². The molecule has 1 aromatic carbocycles. The molecule has 0 atom stereocenters. The van der Waals surface area contributed by atoms with E-state index in [4.69, 9.17) is 4.74 Å². The van der Waals surface area contributed by atoms with Crippen LogP contribution in [0, 0.1) is 3.57 Å². The molecule has 0 bridgehead atoms. The lowest BCUT2D eigenvalue weighted by Crippen LogP contribution is -2.19. The van der Waals surface area contributed by atoms with Gasteiger partial charge in [-0.05, 0) is 53.3 Å². The molecule has 0 unspecified atom stereocenters. The maximum absolute atomic E-state index is 13.4. The molecule has 142 valence electrons. The molecule has 8 heteroatoms. The van der Waals surface area contributed by atoms with E-state index in [-0.39, 0.29) is 11.8 Å². The summed E-state index contributed by atoms with van der Waals surface area (Å²) in [5.41, 5.74) is -0.291. The van der Waals surface area contributed by atoms with Crippen molar-refractivity contribution in [1.82, 2.24) is 9.97 Å². The smallest absolute Gasteiger partial charge is 0.421 e. The number of benzene rings is 1. The van der Waals surface area contributed by atoms with Gasteiger partial charge >= 0.3 is 12.2 Å². The van der Waals surface area contributed by atoms with Crippen LogP contribution >= 0.6 is 22.6 Å². The third-order valence-corrected chi connectivity index (χ3v) is 4.53. The van der Waals surface area contributed by atoms with E-state index in [1.54, 1.807) is 19.2 Å². The van der Waals surface area contributed by atoms with Crippen LogP contribution < -0.4 is 9.64 Å². The van der Waals surface area contributed by atoms with Crippen LogP contribution in [-0.4, -0.2) is 23.6 Å². The highest BCUT2D eigenvalue weighted by Crippen LogP contribution is 2.37. The van der Waals surface area contributed by atoms with Gasteiger partial charge in [0.05, 0.1) is 6.61 Å². The largest absolute Gasteiger partial charge is 0.463 e. The summed E-state index contributed by atoms with van der Waals surface area (Å²) in [4.78, 5) is 9.15. The molecule has 0 spiro atoms. The first-order valence-electron chi connectivity index (χ1n) is 8.39. The fourth-order valence-corrected chi connectivity index (χ4v) is 2.72. The van der Waals surface area contributed by atoms with Crippen molar-refractivity contribution in [2.24, 2.45) is 0 Å². The minimum atomic E-state index is -4.55. The Morgan fingerprint density at radius 2 is 1.81 bits per heavy atom. The van der Waals surface area contributed by atoms with Gasteiger partial charge < -0.3 is 9.64 Å². The number of hydrogen-bond donors (Lipinski definition) is 0. The van der Waals surface area contributed by atoms with Crippen molar-refractivity contribution in [3.05, 3.63) is 39.6 Å². The molecule has 0 saturated carbocycles. The number of rotatable bonds is 8. The van der Waals surface area contributed by atoms with Crippen molar-refractivity contribution >= 4 is 34.1 Å². The molecular formula is C18H21F3IN3O. The number of aromatic nitrogens is 2. The molecule has 4 nitrogen and oxygen atoms in total. The normalized spacial score (nSPS) is 11.5. The second-order valence-corrected chi connectivity index (χ2v) is 7.08. The van der Waals surface area contributed by atoms with E-state index in [0.717, 1.165) is 35.5 Å². The molecule has 0 aliphatic rings. The van der Waals surface area contributed by atoms with Crippen molar-refractivity contribution in [3.8, 4) is 6.01 Å². The summed E-state index contributed by atoms with van der Waals surface area (Å²) < 4.78 is 46.5. The Hall–Kier alpha value is -1.58. The lowest BCUT2D eigenvalue weighted by molar-refractivity contribution is -0.137. The fraction of sp³-hybridized carbons (Fsp3) is 0.444. The SMILES string of the molecule is CCCCCCOc1ncc(C(F)(F)F)c(N(C)c2ccc(I)cc2)n1. The number of halogens is 4. The third-order valence-electron chi connectivity index (χ3n) is 3.81. The second kappa shape index (κ2) is 9.38. The molecule has 0 N–H and O–H groups in total. The van der Waals surface area contributed by atoms with Gasteiger partial charge in [-0.2, -0.15) is 18.2 Å². The van der Waals surface area contributed by atoms with Crippen LogP contribution in [0.4, 0.5) is 24.7 Å². The van der Waals surface area contributed by atoms with Crippen LogP contribution in [0.2, 0.25) is 0 Å². The van der Waals surface area contributed by atoms with Gasteiger partial charge in [0.2, 0.25) is 0 Å². The Labute approximate surface area is 164 Å². The number of unbranched alkanes of at least 4 members (excludes halogenated alkanes) is 3. The summed E-state index contributed by atoms with van der Waals surface area (Å²) in [6, 6.07) is 7.10. The second-order valence-electron chi connectivity index (χ2n) is 5.83. The van der Waals surface area contributed by atoms with Crippen LogP contribution in [-0.2, 0) is 6.18 Å². The molecule has 0 radical (unpaired) electrons. The van der Waals surface area contributed by atoms with Crippen LogP contribution in [0.5, 0.6) is 6.01 Å². The average molecular weight is 479 g/mol. The number of anilines is 2. The van der Waals surface area contributed by atoms with E-state index in [1.165, 1.54) is 4.90 Å². The Bertz CT molecular complexity index is 708. The highest BCUT2D eigenvalue weighted by molar-refractivity contribution is 14.1. The molecule has 0 aliphatic carbocycles. The summed E-state index contributed by atoms with van der Waals surface area (Å²) in [6.45, 7) is 2.49. The summed E-state index contributed by atoms with van der Waals surface area (Å²) in [6.07, 6.45) is 0.256. The van der Waals surface area contributed by atoms with Crippen LogP contribution in [0.3, 0.4) is 0 Å². The van der Waals surface area contributed by atoms with Gasteiger partial charge in [0.25, 0.3) is 0 Å². The molecular weight excluding hydrogens is 458 g/mol. The predicted octanol–water partition coefficient (Wildman–Crippen LogP) is 5.83. The van der Waals surface area contributed by atoms with Gasteiger partial charge in [-0.3, -0.25) is 0 Å². The Kier molecular flexibility index (Phi) is 7.48. The fourth-order valence-electron chi connectivity index (χ4n) is 2.36. The molecule has 26 heavy (non-hydrogen) atoms. The Morgan fingerprint density at radius 3 is 2.42 bits per heavy atom. The molecule has 2 rings (SSSR count). The molecule has 0 saturated heterocycles. The number of nitrogens with zero attached hydrogens (tertiary/aromatic N) is 3. The average Bonchev–Trinajstić information content (AvgIpc) is 2.60. The maximum Gasteiger partial charge on any atom is 0.421 e. The zero-order chi connectivity index (χ0) is 19.2. The summed E-state index contributed by atoms with van der Waals surface area (Å²) in [7, 11) is 1.55. The third kappa shape index (κ3) is 5.72. The van der Waals surface area contributed by atoms with E-state index >= 15 is 0 Å². The minimum Gasteiger partial charge on any atom is -0.463 e. The van der Waals surface area contributed by atoms with Crippen LogP contribution in [0.1, 0.15) is 38.2 Å². The summed E-state index contributed by atoms with van der Waals surface area (Å²) in [5.74, 6) is -0.225. The van der Waals surface area contributed by atoms with Gasteiger partial charge in [0, 0.05) is 22.5 Å². The van der Waals surface area contributed by atoms with E-state index in [0.29, 0.717) is 12.3 Å². The first-order valence-corrected chi connectivity index (χ1v) is 9.47. The molecule has 0 amide bonds. The Balaban J connectivity index is 2.25. The molecule has 0 fully saturated rings. The maximum atomic E-state index is 13.4. The quantitative estimate of drug-likeness (QED) is 0.353. The topological polar surface area (TPSA) is 38.2 Å². The van der Waals surface area contributed by atoms with E-state index in [2.05, 4.69) is 39.5 Å².